The van der Waals surface area contributed by atoms with Crippen molar-refractivity contribution in [2.24, 2.45) is 0 Å². The van der Waals surface area contributed by atoms with Gasteiger partial charge in [-0.3, -0.25) is 4.79 Å². The molecule has 1 amide bonds. The molecule has 0 fully saturated rings. The number of carbonyl (C=O) groups excluding carboxylic acids is 1. The number of amides is 1. The van der Waals surface area contributed by atoms with Gasteiger partial charge in [0.1, 0.15) is 11.5 Å². The van der Waals surface area contributed by atoms with Gasteiger partial charge in [0.2, 0.25) is 0 Å². The number of rotatable bonds is 10. The molecule has 0 aromatic heterocycles. The lowest BCUT2D eigenvalue weighted by Gasteiger charge is -2.13. The molecule has 0 saturated heterocycles. The van der Waals surface area contributed by atoms with E-state index in [1.54, 1.807) is 31.4 Å². The smallest absolute Gasteiger partial charge is 0.257 e. The molecule has 1 N–H and O–H groups in total. The predicted octanol–water partition coefficient (Wildman–Crippen LogP) is 3.36. The normalized spacial score (nSPS) is 11.6. The monoisotopic (exact) mass is 343 g/mol. The van der Waals surface area contributed by atoms with Gasteiger partial charge in [-0.1, -0.05) is 30.3 Å². The number of carbonyl (C=O) groups is 1. The maximum atomic E-state index is 11.8. The fourth-order valence-electron chi connectivity index (χ4n) is 2.25. The molecule has 0 radical (unpaired) electrons. The zero-order chi connectivity index (χ0) is 17.9. The Bertz CT molecular complexity index is 628. The molecule has 0 aliphatic heterocycles. The highest BCUT2D eigenvalue weighted by Crippen LogP contribution is 2.17. The third-order valence-corrected chi connectivity index (χ3v) is 3.71. The molecule has 134 valence electrons. The van der Waals surface area contributed by atoms with Crippen molar-refractivity contribution in [2.45, 2.75) is 19.4 Å². The first-order valence-electron chi connectivity index (χ1n) is 8.39. The van der Waals surface area contributed by atoms with E-state index >= 15 is 0 Å². The molecule has 2 aromatic carbocycles. The van der Waals surface area contributed by atoms with Crippen LogP contribution in [-0.4, -0.2) is 32.8 Å². The molecule has 0 bridgehead atoms. The highest BCUT2D eigenvalue weighted by Gasteiger charge is 2.05. The number of nitrogens with one attached hydrogen (secondary N) is 1. The summed E-state index contributed by atoms with van der Waals surface area (Å²) in [6, 6.07) is 17.2. The Hall–Kier alpha value is -2.53. The molecule has 0 aliphatic carbocycles. The summed E-state index contributed by atoms with van der Waals surface area (Å²) < 4.78 is 16.3. The van der Waals surface area contributed by atoms with Gasteiger partial charge >= 0.3 is 0 Å². The van der Waals surface area contributed by atoms with Gasteiger partial charge in [-0.2, -0.15) is 0 Å². The van der Waals surface area contributed by atoms with Crippen molar-refractivity contribution in [2.75, 3.05) is 26.9 Å². The number of ether oxygens (including phenoxy) is 3. The van der Waals surface area contributed by atoms with Crippen molar-refractivity contribution in [3.8, 4) is 11.5 Å². The van der Waals surface area contributed by atoms with Gasteiger partial charge in [0.25, 0.3) is 5.91 Å². The third kappa shape index (κ3) is 6.85. The van der Waals surface area contributed by atoms with Crippen LogP contribution in [0.25, 0.3) is 0 Å². The first-order valence-corrected chi connectivity index (χ1v) is 8.39. The van der Waals surface area contributed by atoms with E-state index in [4.69, 9.17) is 14.2 Å². The van der Waals surface area contributed by atoms with E-state index in [1.807, 2.05) is 37.3 Å². The first kappa shape index (κ1) is 18.8. The number of benzene rings is 2. The number of hydrogen-bond acceptors (Lipinski definition) is 4. The molecule has 1 atom stereocenters. The number of hydrogen-bond donors (Lipinski definition) is 1. The highest BCUT2D eigenvalue weighted by atomic mass is 16.5. The van der Waals surface area contributed by atoms with E-state index in [0.717, 1.165) is 17.7 Å². The van der Waals surface area contributed by atoms with Gasteiger partial charge in [-0.05, 0) is 43.2 Å². The summed E-state index contributed by atoms with van der Waals surface area (Å²) >= 11 is 0. The van der Waals surface area contributed by atoms with Crippen LogP contribution in [-0.2, 0) is 9.53 Å². The van der Waals surface area contributed by atoms with Crippen molar-refractivity contribution in [3.63, 3.8) is 0 Å². The highest BCUT2D eigenvalue weighted by molar-refractivity contribution is 5.77. The van der Waals surface area contributed by atoms with Crippen LogP contribution in [0.15, 0.2) is 54.6 Å². The molecule has 0 spiro atoms. The van der Waals surface area contributed by atoms with Gasteiger partial charge in [0.15, 0.2) is 6.61 Å². The summed E-state index contributed by atoms with van der Waals surface area (Å²) in [6.45, 7) is 3.17. The second-order valence-corrected chi connectivity index (χ2v) is 5.59. The minimum atomic E-state index is -0.146. The topological polar surface area (TPSA) is 56.8 Å². The average Bonchev–Trinajstić information content (AvgIpc) is 2.67. The largest absolute Gasteiger partial charge is 0.497 e. The summed E-state index contributed by atoms with van der Waals surface area (Å²) in [6.07, 6.45) is 0.807. The molecule has 5 heteroatoms. The van der Waals surface area contributed by atoms with Crippen LogP contribution in [0.1, 0.15) is 25.0 Å². The van der Waals surface area contributed by atoms with E-state index in [-0.39, 0.29) is 18.6 Å². The van der Waals surface area contributed by atoms with Gasteiger partial charge < -0.3 is 19.5 Å². The second kappa shape index (κ2) is 10.4. The first-order chi connectivity index (χ1) is 12.2. The van der Waals surface area contributed by atoms with Crippen LogP contribution in [0.5, 0.6) is 11.5 Å². The lowest BCUT2D eigenvalue weighted by atomic mass is 10.1. The lowest BCUT2D eigenvalue weighted by Crippen LogP contribution is -2.30. The quantitative estimate of drug-likeness (QED) is 0.672. The maximum absolute atomic E-state index is 11.8. The number of methoxy groups -OCH3 is 1. The summed E-state index contributed by atoms with van der Waals surface area (Å²) in [7, 11) is 1.60. The van der Waals surface area contributed by atoms with E-state index in [9.17, 15) is 4.79 Å². The van der Waals surface area contributed by atoms with Crippen LogP contribution in [0.2, 0.25) is 0 Å². The molecule has 0 heterocycles. The predicted molar refractivity (Wildman–Crippen MR) is 96.9 cm³/mol. The van der Waals surface area contributed by atoms with Crippen molar-refractivity contribution < 1.29 is 19.0 Å². The SMILES string of the molecule is COc1ccc(OCC(=O)NCCCOC(C)c2ccccc2)cc1. The average molecular weight is 343 g/mol. The molecule has 5 nitrogen and oxygen atoms in total. The summed E-state index contributed by atoms with van der Waals surface area (Å²) in [4.78, 5) is 11.8. The Balaban J connectivity index is 1.56. The molecule has 0 saturated carbocycles. The van der Waals surface area contributed by atoms with Crippen LogP contribution >= 0.6 is 0 Å². The minimum Gasteiger partial charge on any atom is -0.497 e. The third-order valence-electron chi connectivity index (χ3n) is 3.71. The fourth-order valence-corrected chi connectivity index (χ4v) is 2.25. The van der Waals surface area contributed by atoms with E-state index in [0.29, 0.717) is 18.9 Å². The van der Waals surface area contributed by atoms with Gasteiger partial charge in [0.05, 0.1) is 13.2 Å². The van der Waals surface area contributed by atoms with Crippen LogP contribution in [0.3, 0.4) is 0 Å². The van der Waals surface area contributed by atoms with E-state index < -0.39 is 0 Å². The minimum absolute atomic E-state index is 0.00635. The zero-order valence-corrected chi connectivity index (χ0v) is 14.7. The molecule has 1 unspecified atom stereocenters. The molecule has 0 aliphatic rings. The van der Waals surface area contributed by atoms with Crippen molar-refractivity contribution in [3.05, 3.63) is 60.2 Å². The molecular weight excluding hydrogens is 318 g/mol. The summed E-state index contributed by atoms with van der Waals surface area (Å²) in [5.41, 5.74) is 1.15. The van der Waals surface area contributed by atoms with Gasteiger partial charge in [0, 0.05) is 13.2 Å². The Labute approximate surface area is 148 Å². The van der Waals surface area contributed by atoms with E-state index in [2.05, 4.69) is 5.32 Å². The molecule has 2 rings (SSSR count). The second-order valence-electron chi connectivity index (χ2n) is 5.59. The van der Waals surface area contributed by atoms with Gasteiger partial charge in [-0.15, -0.1) is 0 Å². The van der Waals surface area contributed by atoms with Gasteiger partial charge in [-0.25, -0.2) is 0 Å². The Morgan fingerprint density at radius 3 is 2.40 bits per heavy atom. The van der Waals surface area contributed by atoms with Crippen molar-refractivity contribution in [1.29, 1.82) is 0 Å². The van der Waals surface area contributed by atoms with Crippen molar-refractivity contribution in [1.82, 2.24) is 5.32 Å². The molecule has 2 aromatic rings. The Morgan fingerprint density at radius 2 is 1.72 bits per heavy atom. The lowest BCUT2D eigenvalue weighted by molar-refractivity contribution is -0.123. The van der Waals surface area contributed by atoms with Crippen LogP contribution in [0.4, 0.5) is 0 Å². The fraction of sp³-hybridized carbons (Fsp3) is 0.350. The summed E-state index contributed by atoms with van der Waals surface area (Å²) in [5, 5.41) is 2.82. The van der Waals surface area contributed by atoms with E-state index in [1.165, 1.54) is 0 Å². The van der Waals surface area contributed by atoms with Crippen LogP contribution < -0.4 is 14.8 Å². The zero-order valence-electron chi connectivity index (χ0n) is 14.7. The van der Waals surface area contributed by atoms with Crippen molar-refractivity contribution >= 4 is 5.91 Å². The Morgan fingerprint density at radius 1 is 1.04 bits per heavy atom. The standard InChI is InChI=1S/C20H25NO4/c1-16(17-7-4-3-5-8-17)24-14-6-13-21-20(22)15-25-19-11-9-18(23-2)10-12-19/h3-5,7-12,16H,6,13-15H2,1-2H3,(H,21,22). The molecule has 25 heavy (non-hydrogen) atoms. The summed E-state index contributed by atoms with van der Waals surface area (Å²) in [5.74, 6) is 1.24. The van der Waals surface area contributed by atoms with Crippen LogP contribution in [0, 0.1) is 0 Å². The Kier molecular flexibility index (Phi) is 7.79. The molecular formula is C20H25NO4. The maximum Gasteiger partial charge on any atom is 0.257 e.